The van der Waals surface area contributed by atoms with Crippen LogP contribution in [-0.4, -0.2) is 47.7 Å². The van der Waals surface area contributed by atoms with Crippen molar-refractivity contribution in [3.8, 4) is 0 Å². The van der Waals surface area contributed by atoms with E-state index in [0.717, 1.165) is 26.1 Å². The van der Waals surface area contributed by atoms with Crippen molar-refractivity contribution in [2.45, 2.75) is 52.1 Å². The van der Waals surface area contributed by atoms with Crippen LogP contribution >= 0.6 is 0 Å². The number of carbonyl (C=O) groups is 1. The SMILES string of the molecule is CC(C)(C)CNC1CC(C(=O)O)CN(C2CC2)C1. The zero-order chi connectivity index (χ0) is 13.3. The highest BCUT2D eigenvalue weighted by atomic mass is 16.4. The minimum atomic E-state index is -0.636. The highest BCUT2D eigenvalue weighted by molar-refractivity contribution is 5.70. The molecule has 104 valence electrons. The quantitative estimate of drug-likeness (QED) is 0.799. The van der Waals surface area contributed by atoms with Crippen LogP contribution < -0.4 is 5.32 Å². The number of nitrogens with zero attached hydrogens (tertiary/aromatic N) is 1. The Balaban J connectivity index is 1.90. The van der Waals surface area contributed by atoms with Crippen LogP contribution in [-0.2, 0) is 4.79 Å². The van der Waals surface area contributed by atoms with Crippen LogP contribution in [0.25, 0.3) is 0 Å². The van der Waals surface area contributed by atoms with Crippen molar-refractivity contribution in [1.82, 2.24) is 10.2 Å². The summed E-state index contributed by atoms with van der Waals surface area (Å²) in [4.78, 5) is 13.6. The third-order valence-electron chi connectivity index (χ3n) is 3.81. The standard InChI is InChI=1S/C14H26N2O2/c1-14(2,3)9-15-11-6-10(13(17)18)7-16(8-11)12-4-5-12/h10-12,15H,4-9H2,1-3H3,(H,17,18). The molecule has 0 aromatic carbocycles. The van der Waals surface area contributed by atoms with Crippen LogP contribution in [0.5, 0.6) is 0 Å². The molecule has 2 unspecified atom stereocenters. The molecular formula is C14H26N2O2. The Morgan fingerprint density at radius 2 is 2.00 bits per heavy atom. The zero-order valence-electron chi connectivity index (χ0n) is 11.8. The van der Waals surface area contributed by atoms with Crippen LogP contribution in [0, 0.1) is 11.3 Å². The van der Waals surface area contributed by atoms with E-state index in [1.165, 1.54) is 12.8 Å². The van der Waals surface area contributed by atoms with E-state index in [9.17, 15) is 9.90 Å². The number of hydrogen-bond donors (Lipinski definition) is 2. The van der Waals surface area contributed by atoms with Crippen molar-refractivity contribution in [2.75, 3.05) is 19.6 Å². The molecular weight excluding hydrogens is 228 g/mol. The van der Waals surface area contributed by atoms with Crippen molar-refractivity contribution < 1.29 is 9.90 Å². The summed E-state index contributed by atoms with van der Waals surface area (Å²) >= 11 is 0. The lowest BCUT2D eigenvalue weighted by atomic mass is 9.92. The van der Waals surface area contributed by atoms with Gasteiger partial charge in [-0.3, -0.25) is 9.69 Å². The number of aliphatic carboxylic acids is 1. The molecule has 0 spiro atoms. The van der Waals surface area contributed by atoms with Gasteiger partial charge in [0.05, 0.1) is 5.92 Å². The normalized spacial score (nSPS) is 30.4. The summed E-state index contributed by atoms with van der Waals surface area (Å²) in [6.45, 7) is 9.32. The van der Waals surface area contributed by atoms with Gasteiger partial charge in [0.15, 0.2) is 0 Å². The molecule has 1 saturated carbocycles. The number of rotatable bonds is 4. The molecule has 1 saturated heterocycles. The largest absolute Gasteiger partial charge is 0.481 e. The monoisotopic (exact) mass is 254 g/mol. The van der Waals surface area contributed by atoms with E-state index < -0.39 is 5.97 Å². The number of piperidine rings is 1. The highest BCUT2D eigenvalue weighted by Gasteiger charge is 2.38. The van der Waals surface area contributed by atoms with Gasteiger partial charge in [-0.15, -0.1) is 0 Å². The predicted molar refractivity (Wildman–Crippen MR) is 71.6 cm³/mol. The first kappa shape index (κ1) is 13.8. The predicted octanol–water partition coefficient (Wildman–Crippen LogP) is 1.56. The molecule has 2 aliphatic rings. The molecule has 2 rings (SSSR count). The Hall–Kier alpha value is -0.610. The first-order valence-corrected chi connectivity index (χ1v) is 7.05. The number of carboxylic acids is 1. The van der Waals surface area contributed by atoms with Gasteiger partial charge in [0, 0.05) is 31.7 Å². The Morgan fingerprint density at radius 1 is 1.33 bits per heavy atom. The van der Waals surface area contributed by atoms with Gasteiger partial charge in [0.2, 0.25) is 0 Å². The molecule has 18 heavy (non-hydrogen) atoms. The smallest absolute Gasteiger partial charge is 0.307 e. The summed E-state index contributed by atoms with van der Waals surface area (Å²) in [6, 6.07) is 0.991. The number of hydrogen-bond acceptors (Lipinski definition) is 3. The third-order valence-corrected chi connectivity index (χ3v) is 3.81. The van der Waals surface area contributed by atoms with Gasteiger partial charge in [-0.25, -0.2) is 0 Å². The van der Waals surface area contributed by atoms with E-state index in [4.69, 9.17) is 0 Å². The van der Waals surface area contributed by atoms with Crippen LogP contribution in [0.1, 0.15) is 40.0 Å². The van der Waals surface area contributed by atoms with Gasteiger partial charge in [-0.05, 0) is 24.7 Å². The average Bonchev–Trinajstić information content (AvgIpc) is 3.08. The second-order valence-electron chi connectivity index (χ2n) is 7.09. The third kappa shape index (κ3) is 3.95. The van der Waals surface area contributed by atoms with Gasteiger partial charge in [-0.1, -0.05) is 20.8 Å². The molecule has 1 aliphatic carbocycles. The first-order valence-electron chi connectivity index (χ1n) is 7.05. The maximum Gasteiger partial charge on any atom is 0.307 e. The minimum absolute atomic E-state index is 0.197. The van der Waals surface area contributed by atoms with E-state index in [0.29, 0.717) is 12.1 Å². The highest BCUT2D eigenvalue weighted by Crippen LogP contribution is 2.31. The maximum atomic E-state index is 11.2. The fourth-order valence-electron chi connectivity index (χ4n) is 2.65. The van der Waals surface area contributed by atoms with Crippen molar-refractivity contribution >= 4 is 5.97 Å². The number of nitrogens with one attached hydrogen (secondary N) is 1. The van der Waals surface area contributed by atoms with Crippen molar-refractivity contribution in [2.24, 2.45) is 11.3 Å². The molecule has 0 amide bonds. The second-order valence-corrected chi connectivity index (χ2v) is 7.09. The molecule has 1 heterocycles. The summed E-state index contributed by atoms with van der Waals surface area (Å²) in [5, 5.41) is 12.8. The van der Waals surface area contributed by atoms with Crippen LogP contribution in [0.2, 0.25) is 0 Å². The van der Waals surface area contributed by atoms with Gasteiger partial charge >= 0.3 is 5.97 Å². The van der Waals surface area contributed by atoms with Gasteiger partial charge < -0.3 is 10.4 Å². The van der Waals surface area contributed by atoms with Crippen LogP contribution in [0.3, 0.4) is 0 Å². The summed E-state index contributed by atoms with van der Waals surface area (Å²) in [7, 11) is 0. The van der Waals surface area contributed by atoms with E-state index in [1.807, 2.05) is 0 Å². The molecule has 2 atom stereocenters. The Labute approximate surface area is 110 Å². The Bertz CT molecular complexity index is 307. The summed E-state index contributed by atoms with van der Waals surface area (Å²) in [6.07, 6.45) is 3.27. The lowest BCUT2D eigenvalue weighted by Gasteiger charge is -2.37. The van der Waals surface area contributed by atoms with E-state index in [2.05, 4.69) is 31.0 Å². The molecule has 0 aromatic rings. The molecule has 0 bridgehead atoms. The van der Waals surface area contributed by atoms with Crippen molar-refractivity contribution in [3.63, 3.8) is 0 Å². The summed E-state index contributed by atoms with van der Waals surface area (Å²) in [5.41, 5.74) is 0.251. The van der Waals surface area contributed by atoms with Gasteiger partial charge in [0.25, 0.3) is 0 Å². The second kappa shape index (κ2) is 5.17. The molecule has 2 N–H and O–H groups in total. The lowest BCUT2D eigenvalue weighted by molar-refractivity contribution is -0.144. The number of carboxylic acid groups (broad SMARTS) is 1. The van der Waals surface area contributed by atoms with Gasteiger partial charge in [0.1, 0.15) is 0 Å². The van der Waals surface area contributed by atoms with E-state index in [1.54, 1.807) is 0 Å². The lowest BCUT2D eigenvalue weighted by Crippen LogP contribution is -2.52. The fourth-order valence-corrected chi connectivity index (χ4v) is 2.65. The van der Waals surface area contributed by atoms with Crippen molar-refractivity contribution in [3.05, 3.63) is 0 Å². The van der Waals surface area contributed by atoms with Crippen LogP contribution in [0.15, 0.2) is 0 Å². The van der Waals surface area contributed by atoms with Crippen molar-refractivity contribution in [1.29, 1.82) is 0 Å². The number of likely N-dealkylation sites (tertiary alicyclic amines) is 1. The summed E-state index contributed by atoms with van der Waals surface area (Å²) in [5.74, 6) is -0.834. The van der Waals surface area contributed by atoms with E-state index in [-0.39, 0.29) is 11.3 Å². The molecule has 1 aliphatic heterocycles. The van der Waals surface area contributed by atoms with Crippen LogP contribution in [0.4, 0.5) is 0 Å². The molecule has 2 fully saturated rings. The Kier molecular flexibility index (Phi) is 3.97. The first-order chi connectivity index (χ1) is 8.35. The Morgan fingerprint density at radius 3 is 2.50 bits per heavy atom. The van der Waals surface area contributed by atoms with Gasteiger partial charge in [-0.2, -0.15) is 0 Å². The summed E-state index contributed by atoms with van der Waals surface area (Å²) < 4.78 is 0. The molecule has 4 nitrogen and oxygen atoms in total. The maximum absolute atomic E-state index is 11.2. The topological polar surface area (TPSA) is 52.6 Å². The molecule has 4 heteroatoms. The molecule has 0 radical (unpaired) electrons. The molecule has 0 aromatic heterocycles. The average molecular weight is 254 g/mol. The fraction of sp³-hybridized carbons (Fsp3) is 0.929. The minimum Gasteiger partial charge on any atom is -0.481 e. The van der Waals surface area contributed by atoms with E-state index >= 15 is 0 Å². The zero-order valence-corrected chi connectivity index (χ0v) is 11.8.